The first-order valence-electron chi connectivity index (χ1n) is 19.2. The molecule has 2 aromatic carbocycles. The van der Waals surface area contributed by atoms with Gasteiger partial charge in [0.05, 0.1) is 23.5 Å². The van der Waals surface area contributed by atoms with Crippen molar-refractivity contribution in [2.45, 2.75) is 68.3 Å². The number of carbonyl (C=O) groups is 3. The van der Waals surface area contributed by atoms with Crippen molar-refractivity contribution in [3.63, 3.8) is 0 Å². The maximum absolute atomic E-state index is 13.2. The van der Waals surface area contributed by atoms with Crippen LogP contribution in [0.2, 0.25) is 0 Å². The van der Waals surface area contributed by atoms with Crippen molar-refractivity contribution in [1.29, 1.82) is 0 Å². The van der Waals surface area contributed by atoms with Gasteiger partial charge in [0.1, 0.15) is 29.3 Å². The predicted molar refractivity (Wildman–Crippen MR) is 215 cm³/mol. The SMILES string of the molecule is CN(CC=CC(=O)N1CC[C@@H](n2nc(-c3ccc(Oc4ccccc4)cc3)c3c(N)ncnc32)C1)CCCCNC(=O)CCCCC1SC[C@@H]2NC(=O)N[C@H]12. The van der Waals surface area contributed by atoms with E-state index >= 15 is 0 Å². The zero-order valence-electron chi connectivity index (χ0n) is 31.2. The summed E-state index contributed by atoms with van der Waals surface area (Å²) < 4.78 is 7.86. The third-order valence-corrected chi connectivity index (χ3v) is 12.0. The van der Waals surface area contributed by atoms with E-state index in [2.05, 4.69) is 30.8 Å². The van der Waals surface area contributed by atoms with Crippen molar-refractivity contribution in [3.05, 3.63) is 73.1 Å². The Hall–Kier alpha value is -5.15. The highest BCUT2D eigenvalue weighted by atomic mass is 32.2. The van der Waals surface area contributed by atoms with Crippen LogP contribution < -0.4 is 26.4 Å². The van der Waals surface area contributed by atoms with Crippen LogP contribution in [-0.4, -0.2) is 110 Å². The van der Waals surface area contributed by atoms with Gasteiger partial charge in [-0.3, -0.25) is 9.59 Å². The second-order valence-corrected chi connectivity index (χ2v) is 15.8. The molecule has 5 heterocycles. The Morgan fingerprint density at radius 2 is 1.87 bits per heavy atom. The first-order valence-corrected chi connectivity index (χ1v) is 20.3. The lowest BCUT2D eigenvalue weighted by molar-refractivity contribution is -0.125. The third kappa shape index (κ3) is 9.57. The molecule has 0 aliphatic carbocycles. The van der Waals surface area contributed by atoms with Gasteiger partial charge in [-0.2, -0.15) is 16.9 Å². The van der Waals surface area contributed by atoms with Crippen LogP contribution in [0.1, 0.15) is 51.0 Å². The molecule has 2 aromatic heterocycles. The zero-order chi connectivity index (χ0) is 38.1. The monoisotopic (exact) mass is 766 g/mol. The summed E-state index contributed by atoms with van der Waals surface area (Å²) >= 11 is 1.91. The number of likely N-dealkylation sites (tertiary alicyclic amines) is 1. The number of unbranched alkanes of at least 4 members (excludes halogenated alkanes) is 2. The summed E-state index contributed by atoms with van der Waals surface area (Å²) in [4.78, 5) is 49.9. The van der Waals surface area contributed by atoms with E-state index in [1.165, 1.54) is 6.33 Å². The van der Waals surface area contributed by atoms with E-state index < -0.39 is 0 Å². The fourth-order valence-electron chi connectivity index (χ4n) is 7.53. The molecule has 3 saturated heterocycles. The first-order chi connectivity index (χ1) is 26.8. The van der Waals surface area contributed by atoms with E-state index in [1.54, 1.807) is 6.08 Å². The number of carbonyl (C=O) groups excluding carboxylic acids is 3. The molecule has 0 radical (unpaired) electrons. The molecule has 3 fully saturated rings. The molecule has 0 bridgehead atoms. The van der Waals surface area contributed by atoms with Crippen molar-refractivity contribution in [2.24, 2.45) is 0 Å². The number of para-hydroxylation sites is 1. The lowest BCUT2D eigenvalue weighted by Gasteiger charge is -2.16. The lowest BCUT2D eigenvalue weighted by atomic mass is 10.0. The number of hydrogen-bond donors (Lipinski definition) is 4. The van der Waals surface area contributed by atoms with Crippen molar-refractivity contribution >= 4 is 46.5 Å². The number of thioether (sulfide) groups is 1. The van der Waals surface area contributed by atoms with Gasteiger partial charge < -0.3 is 36.2 Å². The minimum absolute atomic E-state index is 0.0213. The highest BCUT2D eigenvalue weighted by Gasteiger charge is 2.42. The van der Waals surface area contributed by atoms with Crippen LogP contribution in [0.3, 0.4) is 0 Å². The Balaban J connectivity index is 0.811. The number of rotatable bonds is 17. The van der Waals surface area contributed by atoms with Crippen molar-refractivity contribution < 1.29 is 19.1 Å². The molecule has 7 rings (SSSR count). The largest absolute Gasteiger partial charge is 0.457 e. The molecule has 15 heteroatoms. The van der Waals surface area contributed by atoms with Gasteiger partial charge in [-0.25, -0.2) is 19.4 Å². The number of anilines is 1. The summed E-state index contributed by atoms with van der Waals surface area (Å²) in [7, 11) is 2.04. The molecule has 3 aliphatic heterocycles. The van der Waals surface area contributed by atoms with Crippen LogP contribution >= 0.6 is 11.8 Å². The third-order valence-electron chi connectivity index (χ3n) is 10.5. The Labute approximate surface area is 325 Å². The van der Waals surface area contributed by atoms with E-state index in [0.717, 1.165) is 62.1 Å². The van der Waals surface area contributed by atoms with Gasteiger partial charge in [0.25, 0.3) is 0 Å². The summed E-state index contributed by atoms with van der Waals surface area (Å²) in [5.41, 5.74) is 8.58. The molecule has 4 atom stereocenters. The Bertz CT molecular complexity index is 1970. The number of urea groups is 1. The van der Waals surface area contributed by atoms with Crippen LogP contribution in [0.5, 0.6) is 11.5 Å². The number of ether oxygens (including phenoxy) is 1. The van der Waals surface area contributed by atoms with Gasteiger partial charge in [-0.1, -0.05) is 30.7 Å². The average molecular weight is 767 g/mol. The van der Waals surface area contributed by atoms with Crippen molar-refractivity contribution in [2.75, 3.05) is 51.3 Å². The second kappa shape index (κ2) is 18.0. The molecule has 0 saturated carbocycles. The molecule has 5 N–H and O–H groups in total. The second-order valence-electron chi connectivity index (χ2n) is 14.5. The van der Waals surface area contributed by atoms with Crippen LogP contribution in [-0.2, 0) is 9.59 Å². The number of nitrogen functional groups attached to an aromatic ring is 1. The van der Waals surface area contributed by atoms with Gasteiger partial charge in [-0.15, -0.1) is 0 Å². The van der Waals surface area contributed by atoms with Crippen LogP contribution in [0.25, 0.3) is 22.3 Å². The highest BCUT2D eigenvalue weighted by molar-refractivity contribution is 8.00. The molecule has 290 valence electrons. The van der Waals surface area contributed by atoms with E-state index in [-0.39, 0.29) is 36.0 Å². The number of likely N-dealkylation sites (N-methyl/N-ethyl adjacent to an activating group) is 1. The van der Waals surface area contributed by atoms with E-state index in [9.17, 15) is 14.4 Å². The lowest BCUT2D eigenvalue weighted by Crippen LogP contribution is -2.36. The fraction of sp³-hybridized carbons (Fsp3) is 0.450. The zero-order valence-corrected chi connectivity index (χ0v) is 32.0. The Morgan fingerprint density at radius 3 is 2.71 bits per heavy atom. The summed E-state index contributed by atoms with van der Waals surface area (Å²) in [6.07, 6.45) is 11.0. The van der Waals surface area contributed by atoms with E-state index in [0.29, 0.717) is 66.1 Å². The standard InChI is InChI=1S/C40H50N10O4S/c1-48(21-8-7-20-42-33(51)13-6-5-12-32-37-31(25-55-32)45-40(53)46-37)22-9-14-34(52)49-23-19-28(24-49)50-39-35(38(41)43-26-44-39)36(47-50)27-15-17-30(18-16-27)54-29-10-3-2-4-11-29/h2-4,9-11,14-18,26,28,31-32,37H,5-8,12-13,19-25H2,1H3,(H,42,51)(H2,41,43,44)(H2,45,46,53)/t28-,31+,32?,37+/m1/s1. The van der Waals surface area contributed by atoms with E-state index in [1.807, 2.05) is 89.1 Å². The van der Waals surface area contributed by atoms with Crippen LogP contribution in [0.4, 0.5) is 10.6 Å². The predicted octanol–water partition coefficient (Wildman–Crippen LogP) is 4.75. The maximum Gasteiger partial charge on any atom is 0.315 e. The topological polar surface area (TPSA) is 173 Å². The number of benzene rings is 2. The van der Waals surface area contributed by atoms with Gasteiger partial charge in [-0.05, 0) is 82.1 Å². The number of hydrogen-bond acceptors (Lipinski definition) is 10. The summed E-state index contributed by atoms with van der Waals surface area (Å²) in [6.45, 7) is 3.34. The first kappa shape index (κ1) is 38.1. The maximum atomic E-state index is 13.2. The molecule has 4 amide bonds. The van der Waals surface area contributed by atoms with Gasteiger partial charge >= 0.3 is 6.03 Å². The number of nitrogens with one attached hydrogen (secondary N) is 3. The minimum Gasteiger partial charge on any atom is -0.457 e. The minimum atomic E-state index is -0.0573. The number of aromatic nitrogens is 4. The van der Waals surface area contributed by atoms with Gasteiger partial charge in [0.15, 0.2) is 5.65 Å². The number of nitrogens with zero attached hydrogens (tertiary/aromatic N) is 6. The quantitative estimate of drug-likeness (QED) is 0.0668. The number of fused-ring (bicyclic) bond motifs is 2. The van der Waals surface area contributed by atoms with E-state index in [4.69, 9.17) is 15.6 Å². The van der Waals surface area contributed by atoms with Gasteiger partial charge in [0, 0.05) is 55.2 Å². The Kier molecular flexibility index (Phi) is 12.5. The normalized spacial score (nSPS) is 20.6. The van der Waals surface area contributed by atoms with Crippen molar-refractivity contribution in [3.8, 4) is 22.8 Å². The van der Waals surface area contributed by atoms with Crippen LogP contribution in [0.15, 0.2) is 73.1 Å². The van der Waals surface area contributed by atoms with Crippen LogP contribution in [0, 0.1) is 0 Å². The van der Waals surface area contributed by atoms with Crippen molar-refractivity contribution in [1.82, 2.24) is 45.5 Å². The fourth-order valence-corrected chi connectivity index (χ4v) is 9.07. The molecule has 3 aliphatic rings. The molecule has 14 nitrogen and oxygen atoms in total. The summed E-state index contributed by atoms with van der Waals surface area (Å²) in [5.74, 6) is 2.87. The number of nitrogens with two attached hydrogens (primary N) is 1. The number of amides is 4. The summed E-state index contributed by atoms with van der Waals surface area (Å²) in [5, 5.41) is 15.2. The summed E-state index contributed by atoms with van der Waals surface area (Å²) in [6, 6.07) is 17.7. The highest BCUT2D eigenvalue weighted by Crippen LogP contribution is 2.35. The molecule has 0 spiro atoms. The average Bonchev–Trinajstić information content (AvgIpc) is 3.98. The molecular formula is C40H50N10O4S. The smallest absolute Gasteiger partial charge is 0.315 e. The molecule has 1 unspecified atom stereocenters. The molecule has 4 aromatic rings. The molecule has 55 heavy (non-hydrogen) atoms. The van der Waals surface area contributed by atoms with Gasteiger partial charge in [0.2, 0.25) is 11.8 Å². The molecular weight excluding hydrogens is 717 g/mol. The Morgan fingerprint density at radius 1 is 1.05 bits per heavy atom.